The third kappa shape index (κ3) is 6.76. The number of amides is 1. The number of imidazole rings is 1. The first-order valence-corrected chi connectivity index (χ1v) is 18.3. The maximum atomic E-state index is 12.6. The number of benzene rings is 4. The van der Waals surface area contributed by atoms with Crippen LogP contribution in [-0.4, -0.2) is 59.6 Å². The Bertz CT molecular complexity index is 2200. The number of anilines is 2. The number of carbonyl (C=O) groups excluding carboxylic acids is 1. The normalized spacial score (nSPS) is 15.8. The Morgan fingerprint density at radius 3 is 2.10 bits per heavy atom. The van der Waals surface area contributed by atoms with Crippen molar-refractivity contribution in [2.75, 3.05) is 28.8 Å². The maximum Gasteiger partial charge on any atom is 0.330 e. The van der Waals surface area contributed by atoms with Gasteiger partial charge in [-0.15, -0.1) is 0 Å². The highest BCUT2D eigenvalue weighted by molar-refractivity contribution is 7.91. The Kier molecular flexibility index (Phi) is 8.98. The predicted molar refractivity (Wildman–Crippen MR) is 198 cm³/mol. The molecule has 2 N–H and O–H groups in total. The number of aromatic nitrogens is 2. The zero-order chi connectivity index (χ0) is 35.2. The summed E-state index contributed by atoms with van der Waals surface area (Å²) >= 11 is 12.7. The van der Waals surface area contributed by atoms with E-state index in [1.807, 2.05) is 35.6 Å². The average molecular weight is 730 g/mol. The van der Waals surface area contributed by atoms with Crippen molar-refractivity contribution in [2.45, 2.75) is 26.3 Å². The van der Waals surface area contributed by atoms with E-state index in [9.17, 15) is 18.3 Å². The first-order chi connectivity index (χ1) is 23.9. The van der Waals surface area contributed by atoms with Crippen molar-refractivity contribution >= 4 is 50.7 Å². The van der Waals surface area contributed by atoms with Gasteiger partial charge in [-0.05, 0) is 85.1 Å². The summed E-state index contributed by atoms with van der Waals surface area (Å²) in [7, 11) is -3.91. The van der Waals surface area contributed by atoms with Crippen LogP contribution in [0, 0.1) is 0 Å². The second-order valence-corrected chi connectivity index (χ2v) is 14.9. The van der Waals surface area contributed by atoms with E-state index in [-0.39, 0.29) is 11.9 Å². The zero-order valence-corrected chi connectivity index (χ0v) is 29.6. The highest BCUT2D eigenvalue weighted by Crippen LogP contribution is 2.33. The number of aliphatic hydroxyl groups is 1. The molecule has 0 unspecified atom stereocenters. The van der Waals surface area contributed by atoms with Crippen LogP contribution in [0.2, 0.25) is 10.0 Å². The molecule has 4 aromatic carbocycles. The van der Waals surface area contributed by atoms with Crippen molar-refractivity contribution in [3.63, 3.8) is 0 Å². The molecule has 1 saturated heterocycles. The standard InChI is InChI=1S/C37H34Cl2N6O4S/c1-24(2)43-18-17-42(23-37(43)47)29-10-7-27(8-11-29)26-5-3-25(4-6-26)19-35-40-34(32-16-9-28(38)20-33(32)39)21-44(35)30-12-14-31(15-13-30)45-22-36(46)41-50(45,48)49/h3-16,20-22,24,41,46H,17-19,23H2,1-2H3. The zero-order valence-electron chi connectivity index (χ0n) is 27.3. The van der Waals surface area contributed by atoms with Crippen LogP contribution in [0.4, 0.5) is 11.4 Å². The molecule has 256 valence electrons. The average Bonchev–Trinajstić information content (AvgIpc) is 3.63. The lowest BCUT2D eigenvalue weighted by molar-refractivity contribution is -0.132. The SMILES string of the molecule is CC(C)N1CCN(c2ccc(-c3ccc(Cc4nc(-c5ccc(Cl)cc5Cl)cn4-c4ccc(N5C=C(O)NS5(=O)=O)cc4)cc3)cc2)CC1=O. The smallest absolute Gasteiger partial charge is 0.330 e. The maximum absolute atomic E-state index is 12.6. The number of hydrogen-bond acceptors (Lipinski definition) is 6. The molecule has 1 aromatic heterocycles. The number of carbonyl (C=O) groups is 1. The lowest BCUT2D eigenvalue weighted by Crippen LogP contribution is -2.52. The van der Waals surface area contributed by atoms with E-state index in [1.54, 1.807) is 36.4 Å². The van der Waals surface area contributed by atoms with Crippen LogP contribution in [0.3, 0.4) is 0 Å². The molecule has 0 spiro atoms. The monoisotopic (exact) mass is 728 g/mol. The molecule has 5 aromatic rings. The molecule has 1 fully saturated rings. The quantitative estimate of drug-likeness (QED) is 0.175. The Hall–Kier alpha value is -4.97. The van der Waals surface area contributed by atoms with Gasteiger partial charge in [-0.3, -0.25) is 4.79 Å². The van der Waals surface area contributed by atoms with E-state index in [0.29, 0.717) is 34.4 Å². The Morgan fingerprint density at radius 2 is 1.50 bits per heavy atom. The number of piperazine rings is 1. The van der Waals surface area contributed by atoms with Crippen LogP contribution in [0.15, 0.2) is 109 Å². The van der Waals surface area contributed by atoms with Gasteiger partial charge >= 0.3 is 10.2 Å². The molecular formula is C37H34Cl2N6O4S. The number of aliphatic hydroxyl groups excluding tert-OH is 1. The number of hydrogen-bond donors (Lipinski definition) is 2. The number of halogens is 2. The lowest BCUT2D eigenvalue weighted by atomic mass is 10.0. The summed E-state index contributed by atoms with van der Waals surface area (Å²) in [6.07, 6.45) is 3.51. The van der Waals surface area contributed by atoms with Gasteiger partial charge in [0.15, 0.2) is 0 Å². The van der Waals surface area contributed by atoms with Gasteiger partial charge in [0.25, 0.3) is 0 Å². The Balaban J connectivity index is 1.13. The molecule has 2 aliphatic heterocycles. The van der Waals surface area contributed by atoms with E-state index in [2.05, 4.69) is 58.2 Å². The Morgan fingerprint density at radius 1 is 0.860 bits per heavy atom. The van der Waals surface area contributed by atoms with Gasteiger partial charge in [0, 0.05) is 53.7 Å². The van der Waals surface area contributed by atoms with Gasteiger partial charge in [-0.25, -0.2) is 14.0 Å². The summed E-state index contributed by atoms with van der Waals surface area (Å²) in [6.45, 7) is 6.01. The number of nitrogens with one attached hydrogen (secondary N) is 1. The van der Waals surface area contributed by atoms with Crippen LogP contribution in [-0.2, 0) is 21.4 Å². The van der Waals surface area contributed by atoms with E-state index in [0.717, 1.165) is 63.0 Å². The van der Waals surface area contributed by atoms with E-state index in [1.165, 1.54) is 0 Å². The molecule has 0 atom stereocenters. The second kappa shape index (κ2) is 13.4. The third-order valence-electron chi connectivity index (χ3n) is 8.86. The van der Waals surface area contributed by atoms with Gasteiger partial charge in [0.2, 0.25) is 11.8 Å². The summed E-state index contributed by atoms with van der Waals surface area (Å²) in [4.78, 5) is 21.6. The van der Waals surface area contributed by atoms with Crippen LogP contribution in [0.5, 0.6) is 0 Å². The lowest BCUT2D eigenvalue weighted by Gasteiger charge is -2.37. The first kappa shape index (κ1) is 33.5. The molecule has 10 nitrogen and oxygen atoms in total. The third-order valence-corrected chi connectivity index (χ3v) is 10.7. The predicted octanol–water partition coefficient (Wildman–Crippen LogP) is 7.17. The molecule has 1 amide bonds. The summed E-state index contributed by atoms with van der Waals surface area (Å²) in [5.41, 5.74) is 6.73. The highest BCUT2D eigenvalue weighted by atomic mass is 35.5. The fraction of sp³-hybridized carbons (Fsp3) is 0.189. The highest BCUT2D eigenvalue weighted by Gasteiger charge is 2.29. The molecule has 3 heterocycles. The van der Waals surface area contributed by atoms with Crippen LogP contribution >= 0.6 is 23.2 Å². The molecule has 0 saturated carbocycles. The van der Waals surface area contributed by atoms with Crippen LogP contribution in [0.25, 0.3) is 28.1 Å². The van der Waals surface area contributed by atoms with Crippen molar-refractivity contribution in [1.29, 1.82) is 0 Å². The van der Waals surface area contributed by atoms with Crippen molar-refractivity contribution in [3.8, 4) is 28.1 Å². The minimum Gasteiger partial charge on any atom is -0.493 e. The van der Waals surface area contributed by atoms with Crippen molar-refractivity contribution in [1.82, 2.24) is 19.2 Å². The summed E-state index contributed by atoms with van der Waals surface area (Å²) in [6, 6.07) is 29.0. The number of rotatable bonds is 8. The number of nitrogens with zero attached hydrogens (tertiary/aromatic N) is 5. The molecule has 13 heteroatoms. The molecular weight excluding hydrogens is 695 g/mol. The largest absolute Gasteiger partial charge is 0.493 e. The summed E-state index contributed by atoms with van der Waals surface area (Å²) < 4.78 is 29.8. The minimum absolute atomic E-state index is 0.153. The fourth-order valence-corrected chi connectivity index (χ4v) is 7.83. The summed E-state index contributed by atoms with van der Waals surface area (Å²) in [5, 5.41) is 10.7. The van der Waals surface area contributed by atoms with Crippen molar-refractivity contribution < 1.29 is 18.3 Å². The molecule has 0 aliphatic carbocycles. The minimum atomic E-state index is -3.91. The molecule has 0 bridgehead atoms. The van der Waals surface area contributed by atoms with Gasteiger partial charge in [-0.1, -0.05) is 59.6 Å². The molecule has 0 radical (unpaired) electrons. The van der Waals surface area contributed by atoms with Gasteiger partial charge in [-0.2, -0.15) is 8.42 Å². The summed E-state index contributed by atoms with van der Waals surface area (Å²) in [5.74, 6) is 0.448. The topological polar surface area (TPSA) is 111 Å². The fourth-order valence-electron chi connectivity index (χ4n) is 6.27. The van der Waals surface area contributed by atoms with Crippen molar-refractivity contribution in [3.05, 3.63) is 131 Å². The van der Waals surface area contributed by atoms with Gasteiger partial charge in [0.05, 0.1) is 29.1 Å². The van der Waals surface area contributed by atoms with E-state index < -0.39 is 16.1 Å². The van der Waals surface area contributed by atoms with Gasteiger partial charge < -0.3 is 19.5 Å². The van der Waals surface area contributed by atoms with Gasteiger partial charge in [0.1, 0.15) is 5.82 Å². The first-order valence-electron chi connectivity index (χ1n) is 16.1. The van der Waals surface area contributed by atoms with E-state index in [4.69, 9.17) is 28.2 Å². The second-order valence-electron chi connectivity index (χ2n) is 12.5. The molecule has 7 rings (SSSR count). The van der Waals surface area contributed by atoms with Crippen LogP contribution in [0.1, 0.15) is 25.2 Å². The Labute approximate surface area is 301 Å². The molecule has 50 heavy (non-hydrogen) atoms. The van der Waals surface area contributed by atoms with Crippen molar-refractivity contribution in [2.24, 2.45) is 0 Å². The van der Waals surface area contributed by atoms with E-state index >= 15 is 0 Å². The van der Waals surface area contributed by atoms with Crippen LogP contribution < -0.4 is 13.9 Å². The molecule has 2 aliphatic rings.